The van der Waals surface area contributed by atoms with Gasteiger partial charge < -0.3 is 15.5 Å². The van der Waals surface area contributed by atoms with E-state index >= 15 is 0 Å². The Balaban J connectivity index is 0.00000243. The van der Waals surface area contributed by atoms with Gasteiger partial charge in [0, 0.05) is 38.3 Å². The lowest BCUT2D eigenvalue weighted by Crippen LogP contribution is -2.44. The van der Waals surface area contributed by atoms with Crippen molar-refractivity contribution >= 4 is 18.3 Å². The van der Waals surface area contributed by atoms with Gasteiger partial charge in [0.2, 0.25) is 11.7 Å². The molecule has 3 rings (SSSR count). The summed E-state index contributed by atoms with van der Waals surface area (Å²) < 4.78 is 0. The van der Waals surface area contributed by atoms with Crippen LogP contribution in [0.4, 0.5) is 0 Å². The molecule has 1 saturated heterocycles. The molecule has 2 heterocycles. The molecule has 1 aromatic carbocycles. The van der Waals surface area contributed by atoms with Crippen molar-refractivity contribution in [2.24, 2.45) is 0 Å². The first-order chi connectivity index (χ1) is 12.2. The molecule has 142 valence electrons. The van der Waals surface area contributed by atoms with E-state index in [-0.39, 0.29) is 18.3 Å². The van der Waals surface area contributed by atoms with E-state index in [0.29, 0.717) is 12.4 Å². The number of piperazine rings is 1. The van der Waals surface area contributed by atoms with Crippen LogP contribution in [0.3, 0.4) is 0 Å². The number of hydrogen-bond donors (Lipinski definition) is 2. The Labute approximate surface area is 159 Å². The van der Waals surface area contributed by atoms with E-state index in [4.69, 9.17) is 0 Å². The molecule has 0 saturated carbocycles. The minimum absolute atomic E-state index is 0. The van der Waals surface area contributed by atoms with E-state index in [1.54, 1.807) is 6.92 Å². The summed E-state index contributed by atoms with van der Waals surface area (Å²) in [4.78, 5) is 16.1. The van der Waals surface area contributed by atoms with Crippen molar-refractivity contribution in [3.05, 3.63) is 30.3 Å². The van der Waals surface area contributed by atoms with Crippen LogP contribution in [0.15, 0.2) is 30.3 Å². The maximum atomic E-state index is 12.3. The Hall–Kier alpha value is -2.03. The van der Waals surface area contributed by atoms with Gasteiger partial charge in [0.1, 0.15) is 6.04 Å². The molecule has 8 nitrogen and oxygen atoms in total. The lowest BCUT2D eigenvalue weighted by molar-refractivity contribution is -0.124. The molecule has 26 heavy (non-hydrogen) atoms. The van der Waals surface area contributed by atoms with Crippen molar-refractivity contribution in [2.45, 2.75) is 19.4 Å². The number of rotatable bonds is 7. The Morgan fingerprint density at radius 3 is 2.73 bits per heavy atom. The van der Waals surface area contributed by atoms with Gasteiger partial charge in [0.05, 0.1) is 0 Å². The van der Waals surface area contributed by atoms with Crippen molar-refractivity contribution in [1.82, 2.24) is 35.7 Å². The largest absolute Gasteiger partial charge is 0.354 e. The van der Waals surface area contributed by atoms with Gasteiger partial charge in [0.25, 0.3) is 0 Å². The zero-order chi connectivity index (χ0) is 17.5. The highest BCUT2D eigenvalue weighted by molar-refractivity contribution is 5.85. The van der Waals surface area contributed by atoms with Crippen LogP contribution in [0.5, 0.6) is 0 Å². The van der Waals surface area contributed by atoms with Crippen molar-refractivity contribution in [1.29, 1.82) is 0 Å². The fourth-order valence-electron chi connectivity index (χ4n) is 2.79. The van der Waals surface area contributed by atoms with Crippen LogP contribution in [0.2, 0.25) is 0 Å². The van der Waals surface area contributed by atoms with Gasteiger partial charge in [-0.05, 0) is 25.1 Å². The molecule has 1 aromatic heterocycles. The lowest BCUT2D eigenvalue weighted by Gasteiger charge is -2.27. The predicted octanol–water partition coefficient (Wildman–Crippen LogP) is 0.734. The second-order valence-corrected chi connectivity index (χ2v) is 6.21. The van der Waals surface area contributed by atoms with Gasteiger partial charge in [-0.25, -0.2) is 0 Å². The van der Waals surface area contributed by atoms with Gasteiger partial charge in [-0.2, -0.15) is 4.80 Å². The summed E-state index contributed by atoms with van der Waals surface area (Å²) in [5, 5.41) is 18.7. The Morgan fingerprint density at radius 1 is 1.27 bits per heavy atom. The van der Waals surface area contributed by atoms with Crippen molar-refractivity contribution in [3.8, 4) is 11.4 Å². The summed E-state index contributed by atoms with van der Waals surface area (Å²) in [7, 11) is 0. The zero-order valence-electron chi connectivity index (χ0n) is 15.0. The molecule has 0 aliphatic carbocycles. The van der Waals surface area contributed by atoms with Crippen LogP contribution < -0.4 is 10.6 Å². The van der Waals surface area contributed by atoms with E-state index < -0.39 is 6.04 Å². The first-order valence-corrected chi connectivity index (χ1v) is 8.80. The molecule has 1 aliphatic heterocycles. The van der Waals surface area contributed by atoms with E-state index in [0.717, 1.165) is 44.7 Å². The molecular formula is C17H26ClN7O. The standard InChI is InChI=1S/C17H25N7O.ClH/c1-14(17(25)19-8-5-11-23-12-9-18-10-13-23)24-21-16(20-22-24)15-6-3-2-4-7-15;/h2-4,6-7,14,18H,5,8-13H2,1H3,(H,19,25);1H. The number of carbonyl (C=O) groups excluding carboxylic acids is 1. The highest BCUT2D eigenvalue weighted by Crippen LogP contribution is 2.13. The van der Waals surface area contributed by atoms with Gasteiger partial charge in [-0.1, -0.05) is 30.3 Å². The average molecular weight is 380 g/mol. The maximum Gasteiger partial charge on any atom is 0.246 e. The lowest BCUT2D eigenvalue weighted by atomic mass is 10.2. The molecule has 2 N–H and O–H groups in total. The number of carbonyl (C=O) groups is 1. The third kappa shape index (κ3) is 5.48. The number of halogens is 1. The third-order valence-corrected chi connectivity index (χ3v) is 4.35. The summed E-state index contributed by atoms with van der Waals surface area (Å²) in [6, 6.07) is 9.13. The quantitative estimate of drug-likeness (QED) is 0.690. The number of nitrogens with zero attached hydrogens (tertiary/aromatic N) is 5. The number of aromatic nitrogens is 4. The van der Waals surface area contributed by atoms with Gasteiger partial charge >= 0.3 is 0 Å². The van der Waals surface area contributed by atoms with Crippen LogP contribution >= 0.6 is 12.4 Å². The van der Waals surface area contributed by atoms with Crippen LogP contribution in [0, 0.1) is 0 Å². The molecule has 1 atom stereocenters. The van der Waals surface area contributed by atoms with Crippen molar-refractivity contribution in [3.63, 3.8) is 0 Å². The molecule has 9 heteroatoms. The second kappa shape index (κ2) is 10.2. The maximum absolute atomic E-state index is 12.3. The van der Waals surface area contributed by atoms with Gasteiger partial charge in [-0.15, -0.1) is 22.6 Å². The first kappa shape index (κ1) is 20.3. The zero-order valence-corrected chi connectivity index (χ0v) is 15.8. The molecule has 1 aliphatic rings. The van der Waals surface area contributed by atoms with E-state index in [9.17, 15) is 4.79 Å². The Bertz CT molecular complexity index is 673. The number of tetrazole rings is 1. The molecule has 1 amide bonds. The minimum atomic E-state index is -0.482. The van der Waals surface area contributed by atoms with Crippen molar-refractivity contribution in [2.75, 3.05) is 39.3 Å². The Kier molecular flexibility index (Phi) is 7.96. The summed E-state index contributed by atoms with van der Waals surface area (Å²) in [5.74, 6) is 0.441. The summed E-state index contributed by atoms with van der Waals surface area (Å²) >= 11 is 0. The molecular weight excluding hydrogens is 354 g/mol. The van der Waals surface area contributed by atoms with Crippen LogP contribution in [-0.2, 0) is 4.79 Å². The normalized spacial score (nSPS) is 15.9. The molecule has 0 radical (unpaired) electrons. The SMILES string of the molecule is CC(C(=O)NCCCN1CCNCC1)n1nnc(-c2ccccc2)n1.Cl. The fourth-order valence-corrected chi connectivity index (χ4v) is 2.79. The topological polar surface area (TPSA) is 88.0 Å². The average Bonchev–Trinajstić information content (AvgIpc) is 3.16. The summed E-state index contributed by atoms with van der Waals surface area (Å²) in [5.41, 5.74) is 0.886. The van der Waals surface area contributed by atoms with Crippen LogP contribution in [0.25, 0.3) is 11.4 Å². The van der Waals surface area contributed by atoms with Gasteiger partial charge in [0.15, 0.2) is 0 Å². The van der Waals surface area contributed by atoms with Gasteiger partial charge in [-0.3, -0.25) is 4.79 Å². The number of nitrogens with one attached hydrogen (secondary N) is 2. The monoisotopic (exact) mass is 379 g/mol. The molecule has 2 aromatic rings. The summed E-state index contributed by atoms with van der Waals surface area (Å²) in [6.45, 7) is 7.70. The highest BCUT2D eigenvalue weighted by atomic mass is 35.5. The number of hydrogen-bond acceptors (Lipinski definition) is 6. The van der Waals surface area contributed by atoms with Crippen LogP contribution in [0.1, 0.15) is 19.4 Å². The number of benzene rings is 1. The van der Waals surface area contributed by atoms with E-state index in [1.165, 1.54) is 4.80 Å². The minimum Gasteiger partial charge on any atom is -0.354 e. The molecule has 0 bridgehead atoms. The highest BCUT2D eigenvalue weighted by Gasteiger charge is 2.18. The first-order valence-electron chi connectivity index (χ1n) is 8.80. The van der Waals surface area contributed by atoms with Crippen molar-refractivity contribution < 1.29 is 4.79 Å². The molecule has 0 spiro atoms. The second-order valence-electron chi connectivity index (χ2n) is 6.21. The van der Waals surface area contributed by atoms with E-state index in [1.807, 2.05) is 30.3 Å². The smallest absolute Gasteiger partial charge is 0.246 e. The molecule has 1 fully saturated rings. The molecule has 1 unspecified atom stereocenters. The van der Waals surface area contributed by atoms with E-state index in [2.05, 4.69) is 30.9 Å². The number of amides is 1. The fraction of sp³-hybridized carbons (Fsp3) is 0.529. The third-order valence-electron chi connectivity index (χ3n) is 4.35. The summed E-state index contributed by atoms with van der Waals surface area (Å²) in [6.07, 6.45) is 0.943. The predicted molar refractivity (Wildman–Crippen MR) is 102 cm³/mol. The van der Waals surface area contributed by atoms with Crippen LogP contribution in [-0.4, -0.2) is 70.3 Å². The Morgan fingerprint density at radius 2 is 2.00 bits per heavy atom.